The van der Waals surface area contributed by atoms with Gasteiger partial charge in [0.15, 0.2) is 0 Å². The van der Waals surface area contributed by atoms with E-state index in [1.54, 1.807) is 19.4 Å². The molecule has 0 aliphatic rings. The minimum absolute atomic E-state index is 0.476. The van der Waals surface area contributed by atoms with Gasteiger partial charge in [0.2, 0.25) is 0 Å². The summed E-state index contributed by atoms with van der Waals surface area (Å²) in [6.45, 7) is 0. The van der Waals surface area contributed by atoms with Crippen molar-refractivity contribution in [2.24, 2.45) is 0 Å². The van der Waals surface area contributed by atoms with Gasteiger partial charge < -0.3 is 10.4 Å². The predicted octanol–water partition coefficient (Wildman–Crippen LogP) is 1.45. The fourth-order valence-electron chi connectivity index (χ4n) is 1.81. The number of fused-ring (bicyclic) bond motifs is 1. The first kappa shape index (κ1) is 11.5. The number of benzene rings is 1. The van der Waals surface area contributed by atoms with Crippen molar-refractivity contribution >= 4 is 16.7 Å². The van der Waals surface area contributed by atoms with Crippen molar-refractivity contribution in [3.63, 3.8) is 0 Å². The van der Waals surface area contributed by atoms with Crippen molar-refractivity contribution in [2.45, 2.75) is 12.5 Å². The van der Waals surface area contributed by atoms with Crippen LogP contribution in [0.15, 0.2) is 36.7 Å². The molecule has 0 unspecified atom stereocenters. The first-order chi connectivity index (χ1) is 8.20. The second kappa shape index (κ2) is 4.93. The summed E-state index contributed by atoms with van der Waals surface area (Å²) in [6, 6.07) is 7.29. The number of likely N-dealkylation sites (N-methyl/N-ethyl adjacent to an activating group) is 1. The van der Waals surface area contributed by atoms with Gasteiger partial charge in [-0.05, 0) is 30.5 Å². The lowest BCUT2D eigenvalue weighted by Crippen LogP contribution is -2.35. The summed E-state index contributed by atoms with van der Waals surface area (Å²) < 4.78 is 0. The Balaban J connectivity index is 2.27. The summed E-state index contributed by atoms with van der Waals surface area (Å²) in [5.41, 5.74) is 1.01. The van der Waals surface area contributed by atoms with Crippen molar-refractivity contribution in [3.8, 4) is 0 Å². The van der Waals surface area contributed by atoms with Gasteiger partial charge in [0.25, 0.3) is 0 Å². The molecular weight excluding hydrogens is 216 g/mol. The lowest BCUT2D eigenvalue weighted by Gasteiger charge is -2.11. The number of rotatable bonds is 4. The molecule has 0 radical (unpaired) electrons. The normalized spacial score (nSPS) is 12.5. The molecule has 2 aromatic rings. The molecule has 0 amide bonds. The van der Waals surface area contributed by atoms with Crippen LogP contribution in [-0.2, 0) is 11.2 Å². The molecule has 0 saturated carbocycles. The Hall–Kier alpha value is -1.94. The molecule has 4 heteroatoms. The number of pyridine rings is 1. The van der Waals surface area contributed by atoms with E-state index in [0.717, 1.165) is 16.3 Å². The van der Waals surface area contributed by atoms with Crippen LogP contribution < -0.4 is 5.32 Å². The second-order valence-electron chi connectivity index (χ2n) is 3.94. The van der Waals surface area contributed by atoms with Crippen LogP contribution in [0, 0.1) is 0 Å². The maximum atomic E-state index is 10.9. The molecule has 1 heterocycles. The Kier molecular flexibility index (Phi) is 3.35. The molecule has 1 atom stereocenters. The monoisotopic (exact) mass is 230 g/mol. The Morgan fingerprint density at radius 3 is 2.94 bits per heavy atom. The van der Waals surface area contributed by atoms with Gasteiger partial charge in [-0.25, -0.2) is 0 Å². The molecule has 2 rings (SSSR count). The number of nitrogens with one attached hydrogen (secondary N) is 1. The Bertz CT molecular complexity index is 540. The Morgan fingerprint density at radius 2 is 2.24 bits per heavy atom. The average Bonchev–Trinajstić information content (AvgIpc) is 2.35. The van der Waals surface area contributed by atoms with Gasteiger partial charge in [-0.3, -0.25) is 9.78 Å². The summed E-state index contributed by atoms with van der Waals surface area (Å²) in [6.07, 6.45) is 4.01. The second-order valence-corrected chi connectivity index (χ2v) is 3.94. The molecule has 2 N–H and O–H groups in total. The third-order valence-corrected chi connectivity index (χ3v) is 2.79. The topological polar surface area (TPSA) is 62.2 Å². The molecule has 0 aliphatic carbocycles. The summed E-state index contributed by atoms with van der Waals surface area (Å²) >= 11 is 0. The van der Waals surface area contributed by atoms with E-state index in [-0.39, 0.29) is 0 Å². The van der Waals surface area contributed by atoms with Crippen LogP contribution in [-0.4, -0.2) is 29.1 Å². The van der Waals surface area contributed by atoms with Crippen molar-refractivity contribution in [2.75, 3.05) is 7.05 Å². The highest BCUT2D eigenvalue weighted by Crippen LogP contribution is 2.15. The molecule has 0 saturated heterocycles. The fourth-order valence-corrected chi connectivity index (χ4v) is 1.81. The summed E-state index contributed by atoms with van der Waals surface area (Å²) in [5, 5.41) is 13.9. The van der Waals surface area contributed by atoms with Gasteiger partial charge in [0.05, 0.1) is 0 Å². The van der Waals surface area contributed by atoms with E-state index >= 15 is 0 Å². The van der Waals surface area contributed by atoms with E-state index in [4.69, 9.17) is 5.11 Å². The number of nitrogens with zero attached hydrogens (tertiary/aromatic N) is 1. The van der Waals surface area contributed by atoms with Crippen molar-refractivity contribution < 1.29 is 9.90 Å². The highest BCUT2D eigenvalue weighted by atomic mass is 16.4. The average molecular weight is 230 g/mol. The zero-order chi connectivity index (χ0) is 12.3. The van der Waals surface area contributed by atoms with Gasteiger partial charge in [-0.2, -0.15) is 0 Å². The van der Waals surface area contributed by atoms with Crippen LogP contribution in [0.5, 0.6) is 0 Å². The van der Waals surface area contributed by atoms with E-state index in [9.17, 15) is 4.79 Å². The van der Waals surface area contributed by atoms with E-state index in [1.807, 2.05) is 24.3 Å². The fraction of sp³-hybridized carbons (Fsp3) is 0.231. The minimum Gasteiger partial charge on any atom is -0.480 e. The number of carboxylic acid groups (broad SMARTS) is 1. The first-order valence-electron chi connectivity index (χ1n) is 5.43. The largest absolute Gasteiger partial charge is 0.480 e. The number of aromatic nitrogens is 1. The maximum absolute atomic E-state index is 10.9. The summed E-state index contributed by atoms with van der Waals surface area (Å²) in [5.74, 6) is -0.831. The zero-order valence-corrected chi connectivity index (χ0v) is 9.55. The molecule has 4 nitrogen and oxygen atoms in total. The van der Waals surface area contributed by atoms with E-state index in [0.29, 0.717) is 6.42 Å². The zero-order valence-electron chi connectivity index (χ0n) is 9.55. The summed E-state index contributed by atoms with van der Waals surface area (Å²) in [7, 11) is 1.66. The quantitative estimate of drug-likeness (QED) is 0.834. The third-order valence-electron chi connectivity index (χ3n) is 2.79. The first-order valence-corrected chi connectivity index (χ1v) is 5.43. The number of hydrogen-bond donors (Lipinski definition) is 2. The molecular formula is C13H14N2O2. The molecule has 88 valence electrons. The van der Waals surface area contributed by atoms with Crippen LogP contribution in [0.3, 0.4) is 0 Å². The van der Waals surface area contributed by atoms with Gasteiger partial charge in [-0.15, -0.1) is 0 Å². The van der Waals surface area contributed by atoms with Crippen LogP contribution in [0.1, 0.15) is 5.56 Å². The van der Waals surface area contributed by atoms with Gasteiger partial charge in [-0.1, -0.05) is 18.2 Å². The van der Waals surface area contributed by atoms with Crippen LogP contribution in [0.25, 0.3) is 10.8 Å². The highest BCUT2D eigenvalue weighted by Gasteiger charge is 2.15. The predicted molar refractivity (Wildman–Crippen MR) is 65.9 cm³/mol. The molecule has 0 aliphatic heterocycles. The smallest absolute Gasteiger partial charge is 0.321 e. The standard InChI is InChI=1S/C13H14N2O2/c1-14-12(13(16)17)7-9-2-3-11-8-15-5-4-10(11)6-9/h2-6,8,12,14H,7H2,1H3,(H,16,17)/t12-/m1/s1. The SMILES string of the molecule is CN[C@H](Cc1ccc2cnccc2c1)C(=O)O. The van der Waals surface area contributed by atoms with Crippen LogP contribution in [0.2, 0.25) is 0 Å². The van der Waals surface area contributed by atoms with E-state index < -0.39 is 12.0 Å². The number of hydrogen-bond acceptors (Lipinski definition) is 3. The number of carboxylic acids is 1. The lowest BCUT2D eigenvalue weighted by molar-refractivity contribution is -0.139. The molecule has 0 spiro atoms. The Labute approximate surface area is 99.3 Å². The van der Waals surface area contributed by atoms with E-state index in [1.165, 1.54) is 0 Å². The van der Waals surface area contributed by atoms with Gasteiger partial charge >= 0.3 is 5.97 Å². The van der Waals surface area contributed by atoms with Crippen molar-refractivity contribution in [1.82, 2.24) is 10.3 Å². The van der Waals surface area contributed by atoms with Crippen LogP contribution in [0.4, 0.5) is 0 Å². The lowest BCUT2D eigenvalue weighted by atomic mass is 10.0. The van der Waals surface area contributed by atoms with E-state index in [2.05, 4.69) is 10.3 Å². The van der Waals surface area contributed by atoms with Gasteiger partial charge in [0, 0.05) is 17.8 Å². The van der Waals surface area contributed by atoms with Crippen LogP contribution >= 0.6 is 0 Å². The molecule has 1 aromatic carbocycles. The third kappa shape index (κ3) is 2.60. The molecule has 1 aromatic heterocycles. The summed E-state index contributed by atoms with van der Waals surface area (Å²) in [4.78, 5) is 15.0. The number of carbonyl (C=O) groups is 1. The Morgan fingerprint density at radius 1 is 1.41 bits per heavy atom. The maximum Gasteiger partial charge on any atom is 0.321 e. The molecule has 0 fully saturated rings. The van der Waals surface area contributed by atoms with Gasteiger partial charge in [0.1, 0.15) is 6.04 Å². The minimum atomic E-state index is -0.831. The molecule has 17 heavy (non-hydrogen) atoms. The van der Waals surface area contributed by atoms with Crippen molar-refractivity contribution in [1.29, 1.82) is 0 Å². The highest BCUT2D eigenvalue weighted by molar-refractivity contribution is 5.82. The molecule has 0 bridgehead atoms. The van der Waals surface area contributed by atoms with Crippen molar-refractivity contribution in [3.05, 3.63) is 42.2 Å². The number of aliphatic carboxylic acids is 1.